The van der Waals surface area contributed by atoms with Gasteiger partial charge in [0.15, 0.2) is 11.3 Å². The zero-order chi connectivity index (χ0) is 24.9. The molecule has 2 amide bonds. The van der Waals surface area contributed by atoms with Crippen LogP contribution >= 0.6 is 11.3 Å². The molecule has 3 heterocycles. The maximum Gasteiger partial charge on any atom is 0.271 e. The van der Waals surface area contributed by atoms with E-state index in [1.54, 1.807) is 6.20 Å². The number of carbonyl (C=O) groups is 2. The van der Waals surface area contributed by atoms with E-state index in [0.29, 0.717) is 28.9 Å². The predicted molar refractivity (Wildman–Crippen MR) is 133 cm³/mol. The first-order valence-electron chi connectivity index (χ1n) is 11.0. The summed E-state index contributed by atoms with van der Waals surface area (Å²) in [6.07, 6.45) is 3.30. The molecule has 11 heteroatoms. The van der Waals surface area contributed by atoms with Gasteiger partial charge < -0.3 is 16.0 Å². The van der Waals surface area contributed by atoms with Gasteiger partial charge in [0.05, 0.1) is 17.2 Å². The van der Waals surface area contributed by atoms with Crippen molar-refractivity contribution in [2.24, 2.45) is 0 Å². The van der Waals surface area contributed by atoms with E-state index in [1.165, 1.54) is 24.3 Å². The molecule has 0 radical (unpaired) electrons. The van der Waals surface area contributed by atoms with Gasteiger partial charge in [0.2, 0.25) is 11.9 Å². The minimum Gasteiger partial charge on any atom is -0.350 e. The molecule has 0 saturated carbocycles. The highest BCUT2D eigenvalue weighted by atomic mass is 32.1. The summed E-state index contributed by atoms with van der Waals surface area (Å²) in [4.78, 5) is 41.3. The van der Waals surface area contributed by atoms with Gasteiger partial charge in [-0.25, -0.2) is 14.4 Å². The second kappa shape index (κ2) is 10.5. The molecule has 3 N–H and O–H groups in total. The van der Waals surface area contributed by atoms with Gasteiger partial charge in [0.25, 0.3) is 5.91 Å². The van der Waals surface area contributed by atoms with Gasteiger partial charge in [-0.1, -0.05) is 12.1 Å². The minimum atomic E-state index is -0.438. The molecule has 180 valence electrons. The van der Waals surface area contributed by atoms with E-state index in [2.05, 4.69) is 35.9 Å². The summed E-state index contributed by atoms with van der Waals surface area (Å²) in [6, 6.07) is 8.48. The summed E-state index contributed by atoms with van der Waals surface area (Å²) in [5.74, 6) is -0.680. The molecule has 0 saturated heterocycles. The summed E-state index contributed by atoms with van der Waals surface area (Å²) in [5, 5.41) is 9.51. The SMILES string of the molecule is CC(=O)Nc1ccc(CCNC(=O)c2nc(NC(C)c3cncc(F)c3)nc3nc(C)sc23)cc1. The number of carbonyl (C=O) groups excluding carboxylic acids is 2. The highest BCUT2D eigenvalue weighted by molar-refractivity contribution is 7.18. The van der Waals surface area contributed by atoms with Crippen molar-refractivity contribution in [3.8, 4) is 0 Å². The number of aromatic nitrogens is 4. The zero-order valence-electron chi connectivity index (χ0n) is 19.4. The van der Waals surface area contributed by atoms with Crippen LogP contribution in [0.1, 0.15) is 46.5 Å². The van der Waals surface area contributed by atoms with Gasteiger partial charge in [-0.2, -0.15) is 4.98 Å². The van der Waals surface area contributed by atoms with E-state index in [1.807, 2.05) is 38.1 Å². The third-order valence-corrected chi connectivity index (χ3v) is 6.09. The summed E-state index contributed by atoms with van der Waals surface area (Å²) >= 11 is 1.35. The Morgan fingerprint density at radius 2 is 1.89 bits per heavy atom. The number of hydrogen-bond acceptors (Lipinski definition) is 8. The maximum atomic E-state index is 13.6. The lowest BCUT2D eigenvalue weighted by molar-refractivity contribution is -0.114. The van der Waals surface area contributed by atoms with Crippen molar-refractivity contribution in [3.05, 3.63) is 70.4 Å². The number of aryl methyl sites for hydroxylation is 1. The molecule has 1 unspecified atom stereocenters. The number of amides is 2. The van der Waals surface area contributed by atoms with Gasteiger partial charge >= 0.3 is 0 Å². The third kappa shape index (κ3) is 6.12. The van der Waals surface area contributed by atoms with Crippen molar-refractivity contribution in [2.75, 3.05) is 17.2 Å². The fourth-order valence-corrected chi connectivity index (χ4v) is 4.30. The molecule has 4 aromatic rings. The lowest BCUT2D eigenvalue weighted by Gasteiger charge is -2.14. The predicted octanol–water partition coefficient (Wildman–Crippen LogP) is 4.03. The second-order valence-electron chi connectivity index (χ2n) is 7.97. The summed E-state index contributed by atoms with van der Waals surface area (Å²) in [7, 11) is 0. The summed E-state index contributed by atoms with van der Waals surface area (Å²) in [5.41, 5.74) is 3.01. The first-order valence-corrected chi connectivity index (χ1v) is 11.8. The van der Waals surface area contributed by atoms with Gasteiger partial charge in [0.1, 0.15) is 10.5 Å². The zero-order valence-corrected chi connectivity index (χ0v) is 20.2. The first-order chi connectivity index (χ1) is 16.8. The highest BCUT2D eigenvalue weighted by Gasteiger charge is 2.19. The third-order valence-electron chi connectivity index (χ3n) is 5.12. The smallest absolute Gasteiger partial charge is 0.271 e. The standard InChI is InChI=1S/C24H24FN7O2S/c1-13(17-10-18(25)12-26-11-17)28-24-31-20(21-22(32-24)30-15(3)35-21)23(34)27-9-8-16-4-6-19(7-5-16)29-14(2)33/h4-7,10-13H,8-9H2,1-3H3,(H,27,34)(H,29,33)(H,28,31,32). The molecule has 1 atom stereocenters. The molecule has 1 aromatic carbocycles. The quantitative estimate of drug-likeness (QED) is 0.339. The second-order valence-corrected chi connectivity index (χ2v) is 9.17. The van der Waals surface area contributed by atoms with Crippen molar-refractivity contribution in [2.45, 2.75) is 33.2 Å². The van der Waals surface area contributed by atoms with Gasteiger partial charge in [-0.15, -0.1) is 11.3 Å². The highest BCUT2D eigenvalue weighted by Crippen LogP contribution is 2.26. The van der Waals surface area contributed by atoms with Crippen LogP contribution in [0.3, 0.4) is 0 Å². The molecule has 0 fully saturated rings. The molecule has 0 aliphatic heterocycles. The van der Waals surface area contributed by atoms with Crippen LogP contribution in [0.5, 0.6) is 0 Å². The van der Waals surface area contributed by atoms with Crippen molar-refractivity contribution < 1.29 is 14.0 Å². The molecule has 9 nitrogen and oxygen atoms in total. The van der Waals surface area contributed by atoms with E-state index in [9.17, 15) is 14.0 Å². The van der Waals surface area contributed by atoms with Crippen molar-refractivity contribution in [1.29, 1.82) is 0 Å². The molecule has 0 aliphatic rings. The van der Waals surface area contributed by atoms with E-state index in [-0.39, 0.29) is 29.5 Å². The summed E-state index contributed by atoms with van der Waals surface area (Å²) in [6.45, 7) is 5.52. The topological polar surface area (TPSA) is 122 Å². The van der Waals surface area contributed by atoms with Crippen molar-refractivity contribution in [3.63, 3.8) is 0 Å². The number of benzene rings is 1. The number of nitrogens with one attached hydrogen (secondary N) is 3. The van der Waals surface area contributed by atoms with Gasteiger partial charge in [-0.05, 0) is 49.6 Å². The normalized spacial score (nSPS) is 11.8. The Labute approximate surface area is 205 Å². The van der Waals surface area contributed by atoms with Crippen LogP contribution in [0, 0.1) is 12.7 Å². The molecular weight excluding hydrogens is 469 g/mol. The molecule has 0 bridgehead atoms. The maximum absolute atomic E-state index is 13.6. The Morgan fingerprint density at radius 3 is 2.60 bits per heavy atom. The summed E-state index contributed by atoms with van der Waals surface area (Å²) < 4.78 is 14.2. The molecule has 4 rings (SSSR count). The number of halogens is 1. The average Bonchev–Trinajstić information content (AvgIpc) is 3.19. The van der Waals surface area contributed by atoms with Crippen LogP contribution in [0.15, 0.2) is 42.7 Å². The molecule has 35 heavy (non-hydrogen) atoms. The number of pyridine rings is 1. The first kappa shape index (κ1) is 24.1. The molecule has 0 aliphatic carbocycles. The van der Waals surface area contributed by atoms with Crippen LogP contribution in [0.25, 0.3) is 10.3 Å². The van der Waals surface area contributed by atoms with Crippen LogP contribution in [0.4, 0.5) is 16.0 Å². The Kier molecular flexibility index (Phi) is 7.25. The molecular formula is C24H24FN7O2S. The Bertz CT molecular complexity index is 1370. The average molecular weight is 494 g/mol. The van der Waals surface area contributed by atoms with Crippen LogP contribution in [-0.2, 0) is 11.2 Å². The number of thiazole rings is 1. The van der Waals surface area contributed by atoms with E-state index in [0.717, 1.165) is 22.5 Å². The fourth-order valence-electron chi connectivity index (χ4n) is 3.45. The Hall–Kier alpha value is -3.99. The van der Waals surface area contributed by atoms with E-state index in [4.69, 9.17) is 0 Å². The monoisotopic (exact) mass is 493 g/mol. The lowest BCUT2D eigenvalue weighted by Crippen LogP contribution is -2.27. The minimum absolute atomic E-state index is 0.129. The van der Waals surface area contributed by atoms with E-state index < -0.39 is 5.82 Å². The van der Waals surface area contributed by atoms with Crippen LogP contribution in [-0.4, -0.2) is 38.3 Å². The van der Waals surface area contributed by atoms with Gasteiger partial charge in [-0.3, -0.25) is 14.6 Å². The van der Waals surface area contributed by atoms with Crippen LogP contribution < -0.4 is 16.0 Å². The number of rotatable bonds is 8. The Morgan fingerprint density at radius 1 is 1.11 bits per heavy atom. The number of hydrogen-bond donors (Lipinski definition) is 3. The number of fused-ring (bicyclic) bond motifs is 1. The van der Waals surface area contributed by atoms with Crippen molar-refractivity contribution >= 4 is 45.1 Å². The molecule has 3 aromatic heterocycles. The van der Waals surface area contributed by atoms with Crippen molar-refractivity contribution in [1.82, 2.24) is 25.3 Å². The fraction of sp³-hybridized carbons (Fsp3) is 0.250. The van der Waals surface area contributed by atoms with Crippen LogP contribution in [0.2, 0.25) is 0 Å². The molecule has 0 spiro atoms. The van der Waals surface area contributed by atoms with E-state index >= 15 is 0 Å². The number of anilines is 2. The largest absolute Gasteiger partial charge is 0.350 e. The Balaban J connectivity index is 1.47. The van der Waals surface area contributed by atoms with Gasteiger partial charge in [0, 0.05) is 25.4 Å². The lowest BCUT2D eigenvalue weighted by atomic mass is 10.1. The number of nitrogens with zero attached hydrogens (tertiary/aromatic N) is 4.